The van der Waals surface area contributed by atoms with Crippen LogP contribution in [0.2, 0.25) is 0 Å². The van der Waals surface area contributed by atoms with E-state index in [1.54, 1.807) is 15.9 Å². The molecule has 2 fully saturated rings. The standard InChI is InChI=1S/C29H37N3O4S/c1-5-19(4)16-26(34)32-17-23(33)27-22(32)13-14-31(27)29(36)21(15-18(2)3)30-28(35)25-12-11-24(37-25)20-9-7-6-8-10-20/h6-12,18-19,21-22,27H,5,13-17H2,1-4H3,(H,30,35). The van der Waals surface area contributed by atoms with Crippen LogP contribution in [-0.2, 0) is 14.4 Å². The fourth-order valence-electron chi connectivity index (χ4n) is 5.29. The molecule has 4 atom stereocenters. The van der Waals surface area contributed by atoms with Crippen LogP contribution >= 0.6 is 11.3 Å². The molecule has 1 aromatic carbocycles. The van der Waals surface area contributed by atoms with Crippen LogP contribution in [0.4, 0.5) is 0 Å². The van der Waals surface area contributed by atoms with Gasteiger partial charge in [0.15, 0.2) is 5.78 Å². The number of carbonyl (C=O) groups excluding carboxylic acids is 4. The minimum absolute atomic E-state index is 0.0107. The number of nitrogens with zero attached hydrogens (tertiary/aromatic N) is 2. The van der Waals surface area contributed by atoms with Gasteiger partial charge in [0.25, 0.3) is 5.91 Å². The maximum atomic E-state index is 13.7. The summed E-state index contributed by atoms with van der Waals surface area (Å²) in [5.74, 6) is -0.198. The maximum absolute atomic E-state index is 13.7. The van der Waals surface area contributed by atoms with E-state index in [1.807, 2.05) is 64.1 Å². The van der Waals surface area contributed by atoms with Crippen molar-refractivity contribution in [3.63, 3.8) is 0 Å². The Labute approximate surface area is 223 Å². The van der Waals surface area contributed by atoms with Crippen LogP contribution in [0.1, 0.15) is 63.0 Å². The monoisotopic (exact) mass is 523 g/mol. The average Bonchev–Trinajstić information content (AvgIpc) is 3.60. The van der Waals surface area contributed by atoms with E-state index in [9.17, 15) is 19.2 Å². The van der Waals surface area contributed by atoms with Gasteiger partial charge in [-0.25, -0.2) is 0 Å². The van der Waals surface area contributed by atoms with E-state index >= 15 is 0 Å². The van der Waals surface area contributed by atoms with E-state index in [4.69, 9.17) is 0 Å². The highest BCUT2D eigenvalue weighted by molar-refractivity contribution is 7.17. The number of nitrogens with one attached hydrogen (secondary N) is 1. The van der Waals surface area contributed by atoms with Crippen LogP contribution in [0.3, 0.4) is 0 Å². The molecule has 0 bridgehead atoms. The molecule has 0 aliphatic carbocycles. The van der Waals surface area contributed by atoms with Gasteiger partial charge in [-0.15, -0.1) is 11.3 Å². The van der Waals surface area contributed by atoms with Crippen LogP contribution in [0.5, 0.6) is 0 Å². The molecule has 2 saturated heterocycles. The van der Waals surface area contributed by atoms with Gasteiger partial charge in [-0.2, -0.15) is 0 Å². The lowest BCUT2D eigenvalue weighted by molar-refractivity contribution is -0.138. The minimum atomic E-state index is -0.730. The Kier molecular flexibility index (Phi) is 8.47. The van der Waals surface area contributed by atoms with Crippen molar-refractivity contribution >= 4 is 34.8 Å². The molecule has 2 aliphatic heterocycles. The van der Waals surface area contributed by atoms with Crippen molar-refractivity contribution in [1.82, 2.24) is 15.1 Å². The summed E-state index contributed by atoms with van der Waals surface area (Å²) in [4.78, 5) is 57.6. The van der Waals surface area contributed by atoms with Crippen molar-refractivity contribution in [3.05, 3.63) is 47.3 Å². The molecule has 198 valence electrons. The second kappa shape index (κ2) is 11.6. The van der Waals surface area contributed by atoms with Crippen molar-refractivity contribution in [1.29, 1.82) is 0 Å². The topological polar surface area (TPSA) is 86.8 Å². The number of ketones is 1. The molecule has 0 spiro atoms. The molecule has 0 saturated carbocycles. The van der Waals surface area contributed by atoms with Crippen molar-refractivity contribution in [2.45, 2.75) is 71.5 Å². The van der Waals surface area contributed by atoms with E-state index in [0.717, 1.165) is 16.9 Å². The summed E-state index contributed by atoms with van der Waals surface area (Å²) < 4.78 is 0. The number of thiophene rings is 1. The zero-order valence-electron chi connectivity index (χ0n) is 22.1. The van der Waals surface area contributed by atoms with E-state index in [2.05, 4.69) is 5.32 Å². The molecule has 4 rings (SSSR count). The van der Waals surface area contributed by atoms with Gasteiger partial charge in [0.05, 0.1) is 17.5 Å². The molecule has 3 heterocycles. The second-order valence-electron chi connectivity index (χ2n) is 10.7. The highest BCUT2D eigenvalue weighted by atomic mass is 32.1. The van der Waals surface area contributed by atoms with Gasteiger partial charge in [-0.3, -0.25) is 19.2 Å². The third-order valence-electron chi connectivity index (χ3n) is 7.44. The first-order valence-electron chi connectivity index (χ1n) is 13.3. The summed E-state index contributed by atoms with van der Waals surface area (Å²) in [6.45, 7) is 8.57. The predicted octanol–water partition coefficient (Wildman–Crippen LogP) is 4.38. The fraction of sp³-hybridized carbons (Fsp3) is 0.517. The molecule has 0 radical (unpaired) electrons. The number of hydrogen-bond acceptors (Lipinski definition) is 5. The zero-order chi connectivity index (χ0) is 26.7. The quantitative estimate of drug-likeness (QED) is 0.529. The Balaban J connectivity index is 1.47. The summed E-state index contributed by atoms with van der Waals surface area (Å²) in [5.41, 5.74) is 1.04. The van der Waals surface area contributed by atoms with Gasteiger partial charge in [-0.1, -0.05) is 64.4 Å². The van der Waals surface area contributed by atoms with Gasteiger partial charge < -0.3 is 15.1 Å². The summed E-state index contributed by atoms with van der Waals surface area (Å²) in [6, 6.07) is 11.9. The molecule has 1 aromatic heterocycles. The lowest BCUT2D eigenvalue weighted by Crippen LogP contribution is -2.52. The number of Topliss-reactive ketones (excluding diaryl/α,β-unsaturated/α-hetero) is 1. The van der Waals surface area contributed by atoms with Crippen molar-refractivity contribution in [2.75, 3.05) is 13.1 Å². The van der Waals surface area contributed by atoms with Gasteiger partial charge in [0.2, 0.25) is 11.8 Å². The van der Waals surface area contributed by atoms with Crippen molar-refractivity contribution < 1.29 is 19.2 Å². The molecule has 3 amide bonds. The van der Waals surface area contributed by atoms with Gasteiger partial charge in [0, 0.05) is 17.8 Å². The Morgan fingerprint density at radius 3 is 2.46 bits per heavy atom. The fourth-order valence-corrected chi connectivity index (χ4v) is 6.20. The highest BCUT2D eigenvalue weighted by Gasteiger charge is 2.52. The highest BCUT2D eigenvalue weighted by Crippen LogP contribution is 2.32. The smallest absolute Gasteiger partial charge is 0.262 e. The molecule has 2 aromatic rings. The summed E-state index contributed by atoms with van der Waals surface area (Å²) in [6.07, 6.45) is 2.38. The first-order valence-corrected chi connectivity index (χ1v) is 14.1. The molecule has 7 nitrogen and oxygen atoms in total. The van der Waals surface area contributed by atoms with E-state index in [1.165, 1.54) is 11.3 Å². The maximum Gasteiger partial charge on any atom is 0.262 e. The molecule has 2 aliphatic rings. The third kappa shape index (κ3) is 5.95. The van der Waals surface area contributed by atoms with E-state index in [0.29, 0.717) is 30.7 Å². The first-order chi connectivity index (χ1) is 17.7. The van der Waals surface area contributed by atoms with Gasteiger partial charge >= 0.3 is 0 Å². The first kappa shape index (κ1) is 27.0. The number of rotatable bonds is 9. The molecular formula is C29H37N3O4S. The Hall–Kier alpha value is -3.00. The molecular weight excluding hydrogens is 486 g/mol. The van der Waals surface area contributed by atoms with Crippen molar-refractivity contribution in [3.8, 4) is 10.4 Å². The van der Waals surface area contributed by atoms with Gasteiger partial charge in [0.1, 0.15) is 12.1 Å². The third-order valence-corrected chi connectivity index (χ3v) is 8.58. The Morgan fingerprint density at radius 1 is 1.05 bits per heavy atom. The number of likely N-dealkylation sites (tertiary alicyclic amines) is 2. The van der Waals surface area contributed by atoms with Crippen LogP contribution in [0, 0.1) is 11.8 Å². The number of fused-ring (bicyclic) bond motifs is 1. The number of amides is 3. The summed E-state index contributed by atoms with van der Waals surface area (Å²) in [5, 5.41) is 2.96. The summed E-state index contributed by atoms with van der Waals surface area (Å²) in [7, 11) is 0. The Morgan fingerprint density at radius 2 is 1.78 bits per heavy atom. The van der Waals surface area contributed by atoms with Crippen molar-refractivity contribution in [2.24, 2.45) is 11.8 Å². The Bertz CT molecular complexity index is 1150. The lowest BCUT2D eigenvalue weighted by Gasteiger charge is -2.29. The van der Waals surface area contributed by atoms with Crippen LogP contribution in [0.15, 0.2) is 42.5 Å². The van der Waals surface area contributed by atoms with Crippen LogP contribution < -0.4 is 5.32 Å². The molecule has 8 heteroatoms. The number of benzene rings is 1. The van der Waals surface area contributed by atoms with Crippen LogP contribution in [0.25, 0.3) is 10.4 Å². The minimum Gasteiger partial charge on any atom is -0.340 e. The normalized spacial score (nSPS) is 20.7. The van der Waals surface area contributed by atoms with Crippen LogP contribution in [-0.4, -0.2) is 64.5 Å². The largest absolute Gasteiger partial charge is 0.340 e. The van der Waals surface area contributed by atoms with E-state index in [-0.39, 0.29) is 47.9 Å². The zero-order valence-corrected chi connectivity index (χ0v) is 22.9. The molecule has 37 heavy (non-hydrogen) atoms. The molecule has 4 unspecified atom stereocenters. The SMILES string of the molecule is CCC(C)CC(=O)N1CC(=O)C2C1CCN2C(=O)C(CC(C)C)NC(=O)c1ccc(-c2ccccc2)s1. The lowest BCUT2D eigenvalue weighted by atomic mass is 10.0. The average molecular weight is 524 g/mol. The predicted molar refractivity (Wildman–Crippen MR) is 145 cm³/mol. The second-order valence-corrected chi connectivity index (χ2v) is 11.8. The van der Waals surface area contributed by atoms with E-state index < -0.39 is 12.1 Å². The summed E-state index contributed by atoms with van der Waals surface area (Å²) >= 11 is 1.39. The number of carbonyl (C=O) groups is 4. The molecule has 1 N–H and O–H groups in total. The van der Waals surface area contributed by atoms with Gasteiger partial charge in [-0.05, 0) is 42.4 Å². The number of hydrogen-bond donors (Lipinski definition) is 1.